The molecular weight excluding hydrogens is 280 g/mol. The first-order valence-electron chi connectivity index (χ1n) is 7.78. The van der Waals surface area contributed by atoms with E-state index >= 15 is 0 Å². The van der Waals surface area contributed by atoms with Crippen molar-refractivity contribution in [2.75, 3.05) is 13.7 Å². The molecule has 5 nitrogen and oxygen atoms in total. The lowest BCUT2D eigenvalue weighted by Gasteiger charge is -2.12. The summed E-state index contributed by atoms with van der Waals surface area (Å²) in [5.41, 5.74) is 3.61. The molecule has 120 valence electrons. The van der Waals surface area contributed by atoms with Crippen molar-refractivity contribution in [3.63, 3.8) is 0 Å². The highest BCUT2D eigenvalue weighted by Crippen LogP contribution is 2.20. The second kappa shape index (κ2) is 7.29. The predicted molar refractivity (Wildman–Crippen MR) is 85.1 cm³/mol. The Morgan fingerprint density at radius 1 is 1.32 bits per heavy atom. The molecule has 0 saturated carbocycles. The SMILES string of the molecule is COC(=O)c1c(C)[nH]c(C(=O)NCCC2=CCCCC2)c1C. The first kappa shape index (κ1) is 16.3. The van der Waals surface area contributed by atoms with Gasteiger partial charge in [-0.1, -0.05) is 11.6 Å². The number of H-pyrrole nitrogens is 1. The normalized spacial score (nSPS) is 14.4. The zero-order valence-electron chi connectivity index (χ0n) is 13.5. The van der Waals surface area contributed by atoms with Crippen molar-refractivity contribution >= 4 is 11.9 Å². The summed E-state index contributed by atoms with van der Waals surface area (Å²) in [5.74, 6) is -0.593. The number of carbonyl (C=O) groups is 2. The highest BCUT2D eigenvalue weighted by atomic mass is 16.5. The topological polar surface area (TPSA) is 71.2 Å². The molecule has 1 amide bonds. The Hall–Kier alpha value is -2.04. The number of hydrogen-bond donors (Lipinski definition) is 2. The molecule has 1 heterocycles. The van der Waals surface area contributed by atoms with Gasteiger partial charge < -0.3 is 15.0 Å². The van der Waals surface area contributed by atoms with Crippen LogP contribution in [0.2, 0.25) is 0 Å². The highest BCUT2D eigenvalue weighted by molar-refractivity contribution is 6.00. The van der Waals surface area contributed by atoms with Gasteiger partial charge in [0.05, 0.1) is 12.7 Å². The van der Waals surface area contributed by atoms with E-state index < -0.39 is 5.97 Å². The van der Waals surface area contributed by atoms with Crippen molar-refractivity contribution < 1.29 is 14.3 Å². The zero-order chi connectivity index (χ0) is 16.1. The third kappa shape index (κ3) is 3.59. The van der Waals surface area contributed by atoms with E-state index in [1.54, 1.807) is 13.8 Å². The minimum Gasteiger partial charge on any atom is -0.465 e. The Labute approximate surface area is 131 Å². The van der Waals surface area contributed by atoms with Gasteiger partial charge in [-0.3, -0.25) is 4.79 Å². The molecule has 2 rings (SSSR count). The molecule has 0 bridgehead atoms. The lowest BCUT2D eigenvalue weighted by Crippen LogP contribution is -2.26. The van der Waals surface area contributed by atoms with Crippen molar-refractivity contribution in [2.45, 2.75) is 46.0 Å². The van der Waals surface area contributed by atoms with Gasteiger partial charge in [-0.05, 0) is 51.5 Å². The molecular formula is C17H24N2O3. The van der Waals surface area contributed by atoms with Gasteiger partial charge in [0.2, 0.25) is 0 Å². The average molecular weight is 304 g/mol. The van der Waals surface area contributed by atoms with Gasteiger partial charge in [-0.2, -0.15) is 0 Å². The third-order valence-corrected chi connectivity index (χ3v) is 4.17. The molecule has 0 fully saturated rings. The second-order valence-electron chi connectivity index (χ2n) is 5.73. The van der Waals surface area contributed by atoms with E-state index in [4.69, 9.17) is 4.74 Å². The molecule has 2 N–H and O–H groups in total. The molecule has 0 atom stereocenters. The van der Waals surface area contributed by atoms with Gasteiger partial charge in [-0.15, -0.1) is 0 Å². The lowest BCUT2D eigenvalue weighted by molar-refractivity contribution is 0.0599. The third-order valence-electron chi connectivity index (χ3n) is 4.17. The molecule has 0 aromatic carbocycles. The molecule has 0 spiro atoms. The van der Waals surface area contributed by atoms with Crippen LogP contribution >= 0.6 is 0 Å². The smallest absolute Gasteiger partial charge is 0.339 e. The standard InChI is InChI=1S/C17H24N2O3/c1-11-14(17(21)22-3)12(2)19-15(11)16(20)18-10-9-13-7-5-4-6-8-13/h7,19H,4-6,8-10H2,1-3H3,(H,18,20). The van der Waals surface area contributed by atoms with Crippen LogP contribution in [-0.4, -0.2) is 30.5 Å². The van der Waals surface area contributed by atoms with Crippen LogP contribution in [0.25, 0.3) is 0 Å². The number of aromatic nitrogens is 1. The van der Waals surface area contributed by atoms with Crippen molar-refractivity contribution in [3.8, 4) is 0 Å². The summed E-state index contributed by atoms with van der Waals surface area (Å²) in [6.45, 7) is 4.15. The summed E-state index contributed by atoms with van der Waals surface area (Å²) >= 11 is 0. The minimum atomic E-state index is -0.419. The zero-order valence-corrected chi connectivity index (χ0v) is 13.5. The van der Waals surface area contributed by atoms with Gasteiger partial charge in [0.15, 0.2) is 0 Å². The lowest BCUT2D eigenvalue weighted by atomic mass is 9.97. The van der Waals surface area contributed by atoms with Crippen LogP contribution in [0, 0.1) is 13.8 Å². The Morgan fingerprint density at radius 2 is 2.09 bits per heavy atom. The molecule has 0 radical (unpaired) electrons. The molecule has 1 aliphatic carbocycles. The number of methoxy groups -OCH3 is 1. The minimum absolute atomic E-state index is 0.174. The fourth-order valence-corrected chi connectivity index (χ4v) is 2.94. The van der Waals surface area contributed by atoms with Gasteiger partial charge in [0.25, 0.3) is 5.91 Å². The second-order valence-corrected chi connectivity index (χ2v) is 5.73. The van der Waals surface area contributed by atoms with Crippen LogP contribution < -0.4 is 5.32 Å². The largest absolute Gasteiger partial charge is 0.465 e. The van der Waals surface area contributed by atoms with Gasteiger partial charge >= 0.3 is 5.97 Å². The molecule has 22 heavy (non-hydrogen) atoms. The maximum atomic E-state index is 12.3. The van der Waals surface area contributed by atoms with E-state index in [0.717, 1.165) is 19.3 Å². The van der Waals surface area contributed by atoms with Crippen LogP contribution in [0.3, 0.4) is 0 Å². The van der Waals surface area contributed by atoms with Gasteiger partial charge in [0, 0.05) is 12.2 Å². The Bertz CT molecular complexity index is 599. The number of hydrogen-bond acceptors (Lipinski definition) is 3. The summed E-state index contributed by atoms with van der Waals surface area (Å²) in [7, 11) is 1.34. The van der Waals surface area contributed by atoms with Crippen LogP contribution in [-0.2, 0) is 4.74 Å². The maximum Gasteiger partial charge on any atom is 0.339 e. The van der Waals surface area contributed by atoms with Crippen LogP contribution in [0.5, 0.6) is 0 Å². The van der Waals surface area contributed by atoms with Crippen molar-refractivity contribution in [2.24, 2.45) is 0 Å². The summed E-state index contributed by atoms with van der Waals surface area (Å²) < 4.78 is 4.75. The highest BCUT2D eigenvalue weighted by Gasteiger charge is 2.22. The monoisotopic (exact) mass is 304 g/mol. The summed E-state index contributed by atoms with van der Waals surface area (Å²) in [4.78, 5) is 27.0. The average Bonchev–Trinajstić information content (AvgIpc) is 2.82. The Morgan fingerprint density at radius 3 is 2.73 bits per heavy atom. The number of aromatic amines is 1. The van der Waals surface area contributed by atoms with Crippen molar-refractivity contribution in [1.29, 1.82) is 0 Å². The van der Waals surface area contributed by atoms with Gasteiger partial charge in [-0.25, -0.2) is 4.79 Å². The fraction of sp³-hybridized carbons (Fsp3) is 0.529. The molecule has 1 aliphatic rings. The first-order chi connectivity index (χ1) is 10.5. The van der Waals surface area contributed by atoms with Gasteiger partial charge in [0.1, 0.15) is 5.69 Å². The summed E-state index contributed by atoms with van der Waals surface area (Å²) in [5, 5.41) is 2.92. The van der Waals surface area contributed by atoms with Crippen LogP contribution in [0.1, 0.15) is 64.2 Å². The van der Waals surface area contributed by atoms with E-state index in [-0.39, 0.29) is 5.91 Å². The molecule has 0 unspecified atom stereocenters. The van der Waals surface area contributed by atoms with E-state index in [1.165, 1.54) is 25.5 Å². The van der Waals surface area contributed by atoms with Crippen LogP contribution in [0.4, 0.5) is 0 Å². The molecule has 0 saturated heterocycles. The molecule has 5 heteroatoms. The van der Waals surface area contributed by atoms with Crippen molar-refractivity contribution in [1.82, 2.24) is 10.3 Å². The summed E-state index contributed by atoms with van der Waals surface area (Å²) in [6, 6.07) is 0. The number of nitrogens with one attached hydrogen (secondary N) is 2. The maximum absolute atomic E-state index is 12.3. The predicted octanol–water partition coefficient (Wildman–Crippen LogP) is 3.04. The fourth-order valence-electron chi connectivity index (χ4n) is 2.94. The van der Waals surface area contributed by atoms with E-state index in [0.29, 0.717) is 29.1 Å². The first-order valence-corrected chi connectivity index (χ1v) is 7.78. The van der Waals surface area contributed by atoms with E-state index in [9.17, 15) is 9.59 Å². The molecule has 1 aromatic heterocycles. The molecule has 0 aliphatic heterocycles. The number of allylic oxidation sites excluding steroid dienone is 1. The Kier molecular flexibility index (Phi) is 5.41. The van der Waals surface area contributed by atoms with E-state index in [1.807, 2.05) is 0 Å². The van der Waals surface area contributed by atoms with E-state index in [2.05, 4.69) is 16.4 Å². The quantitative estimate of drug-likeness (QED) is 0.649. The number of rotatable bonds is 5. The number of ether oxygens (including phenoxy) is 1. The number of esters is 1. The van der Waals surface area contributed by atoms with Crippen molar-refractivity contribution in [3.05, 3.63) is 34.2 Å². The summed E-state index contributed by atoms with van der Waals surface area (Å²) in [6.07, 6.45) is 8.00. The van der Waals surface area contributed by atoms with Crippen LogP contribution in [0.15, 0.2) is 11.6 Å². The Balaban J connectivity index is 1.98. The molecule has 1 aromatic rings. The number of aryl methyl sites for hydroxylation is 1. The number of carbonyl (C=O) groups excluding carboxylic acids is 2. The number of amides is 1.